The fourth-order valence-electron chi connectivity index (χ4n) is 5.26. The number of para-hydroxylation sites is 2. The molecule has 1 aliphatic rings. The monoisotopic (exact) mass is 527 g/mol. The molecule has 0 spiro atoms. The molecule has 1 aliphatic carbocycles. The Morgan fingerprint density at radius 1 is 1.00 bits per heavy atom. The number of fused-ring (bicyclic) bond motifs is 1. The number of aromatic nitrogens is 3. The first-order valence-electron chi connectivity index (χ1n) is 13.2. The van der Waals surface area contributed by atoms with Gasteiger partial charge in [0, 0.05) is 17.3 Å². The first-order chi connectivity index (χ1) is 19.0. The molecule has 1 heterocycles. The summed E-state index contributed by atoms with van der Waals surface area (Å²) < 4.78 is 12.9. The van der Waals surface area contributed by atoms with Crippen molar-refractivity contribution in [3.8, 4) is 11.5 Å². The van der Waals surface area contributed by atoms with E-state index in [1.807, 2.05) is 55.5 Å². The van der Waals surface area contributed by atoms with Gasteiger partial charge in [-0.15, -0.1) is 5.10 Å². The number of nitrogens with zero attached hydrogens (tertiary/aromatic N) is 4. The maximum atomic E-state index is 14.2. The number of methoxy groups -OCH3 is 2. The molecular formula is C30H33N5O4. The van der Waals surface area contributed by atoms with Gasteiger partial charge in [-0.2, -0.15) is 0 Å². The second-order valence-electron chi connectivity index (χ2n) is 9.81. The third-order valence-corrected chi connectivity index (χ3v) is 7.22. The summed E-state index contributed by atoms with van der Waals surface area (Å²) in [6.45, 7) is 1.88. The molecule has 2 amide bonds. The number of carbonyl (C=O) groups excluding carboxylic acids is 2. The lowest BCUT2D eigenvalue weighted by molar-refractivity contribution is -0.127. The molecule has 0 unspecified atom stereocenters. The SMILES string of the molecule is COc1cccc([C@H](C(=O)NC2CCCC2)N(C(=O)Cn2nnc3ccccc32)c2ccc(C)cc2)c1OC. The van der Waals surface area contributed by atoms with Gasteiger partial charge in [0.25, 0.3) is 0 Å². The van der Waals surface area contributed by atoms with Crippen LogP contribution in [0.4, 0.5) is 5.69 Å². The molecule has 1 atom stereocenters. The van der Waals surface area contributed by atoms with Crippen molar-refractivity contribution in [3.05, 3.63) is 77.9 Å². The highest BCUT2D eigenvalue weighted by atomic mass is 16.5. The van der Waals surface area contributed by atoms with E-state index in [4.69, 9.17) is 9.47 Å². The van der Waals surface area contributed by atoms with Gasteiger partial charge in [0.15, 0.2) is 11.5 Å². The summed E-state index contributed by atoms with van der Waals surface area (Å²) in [5.41, 5.74) is 3.59. The predicted molar refractivity (Wildman–Crippen MR) is 149 cm³/mol. The quantitative estimate of drug-likeness (QED) is 0.342. The van der Waals surface area contributed by atoms with Crippen molar-refractivity contribution in [1.82, 2.24) is 20.3 Å². The highest BCUT2D eigenvalue weighted by Crippen LogP contribution is 2.39. The Kier molecular flexibility index (Phi) is 7.76. The van der Waals surface area contributed by atoms with Gasteiger partial charge < -0.3 is 14.8 Å². The molecule has 1 aromatic heterocycles. The van der Waals surface area contributed by atoms with E-state index < -0.39 is 6.04 Å². The molecule has 0 aliphatic heterocycles. The minimum Gasteiger partial charge on any atom is -0.493 e. The van der Waals surface area contributed by atoms with E-state index in [9.17, 15) is 9.59 Å². The van der Waals surface area contributed by atoms with Crippen LogP contribution in [0.15, 0.2) is 66.7 Å². The van der Waals surface area contributed by atoms with Gasteiger partial charge in [-0.1, -0.05) is 60.0 Å². The van der Waals surface area contributed by atoms with Gasteiger partial charge in [-0.3, -0.25) is 14.5 Å². The fraction of sp³-hybridized carbons (Fsp3) is 0.333. The van der Waals surface area contributed by atoms with Crippen LogP contribution in [0.5, 0.6) is 11.5 Å². The third kappa shape index (κ3) is 5.43. The van der Waals surface area contributed by atoms with Crippen molar-refractivity contribution in [2.45, 2.75) is 51.2 Å². The van der Waals surface area contributed by atoms with E-state index >= 15 is 0 Å². The second-order valence-corrected chi connectivity index (χ2v) is 9.81. The average Bonchev–Trinajstić information content (AvgIpc) is 3.62. The van der Waals surface area contributed by atoms with Crippen LogP contribution in [0.1, 0.15) is 42.9 Å². The first-order valence-corrected chi connectivity index (χ1v) is 13.2. The molecule has 5 rings (SSSR count). The minimum absolute atomic E-state index is 0.0610. The van der Waals surface area contributed by atoms with Gasteiger partial charge in [0.1, 0.15) is 18.1 Å². The molecule has 1 N–H and O–H groups in total. The first kappa shape index (κ1) is 26.2. The minimum atomic E-state index is -1.01. The van der Waals surface area contributed by atoms with Crippen LogP contribution < -0.4 is 19.7 Å². The van der Waals surface area contributed by atoms with Crippen molar-refractivity contribution in [1.29, 1.82) is 0 Å². The lowest BCUT2D eigenvalue weighted by Gasteiger charge is -2.33. The van der Waals surface area contributed by atoms with E-state index in [0.717, 1.165) is 36.8 Å². The number of nitrogens with one attached hydrogen (secondary N) is 1. The largest absolute Gasteiger partial charge is 0.493 e. The van der Waals surface area contributed by atoms with Crippen LogP contribution in [0.2, 0.25) is 0 Å². The number of benzene rings is 3. The smallest absolute Gasteiger partial charge is 0.249 e. The number of carbonyl (C=O) groups is 2. The summed E-state index contributed by atoms with van der Waals surface area (Å²) in [4.78, 5) is 29.9. The maximum Gasteiger partial charge on any atom is 0.249 e. The number of amides is 2. The van der Waals surface area contributed by atoms with Crippen LogP contribution in [0.3, 0.4) is 0 Å². The molecule has 0 radical (unpaired) electrons. The highest BCUT2D eigenvalue weighted by molar-refractivity contribution is 6.02. The van der Waals surface area contributed by atoms with E-state index in [0.29, 0.717) is 28.3 Å². The van der Waals surface area contributed by atoms with E-state index in [-0.39, 0.29) is 24.4 Å². The summed E-state index contributed by atoms with van der Waals surface area (Å²) >= 11 is 0. The molecule has 9 heteroatoms. The maximum absolute atomic E-state index is 14.2. The highest BCUT2D eigenvalue weighted by Gasteiger charge is 2.37. The van der Waals surface area contributed by atoms with Crippen LogP contribution in [-0.2, 0) is 16.1 Å². The summed E-state index contributed by atoms with van der Waals surface area (Å²) in [6, 6.07) is 19.5. The molecule has 1 saturated carbocycles. The lowest BCUT2D eigenvalue weighted by Crippen LogP contribution is -2.47. The van der Waals surface area contributed by atoms with Crippen LogP contribution in [0, 0.1) is 6.92 Å². The van der Waals surface area contributed by atoms with Gasteiger partial charge >= 0.3 is 0 Å². The summed E-state index contributed by atoms with van der Waals surface area (Å²) in [5.74, 6) is 0.298. The number of anilines is 1. The van der Waals surface area contributed by atoms with E-state index in [1.165, 1.54) is 12.0 Å². The van der Waals surface area contributed by atoms with Crippen molar-refractivity contribution in [2.24, 2.45) is 0 Å². The van der Waals surface area contributed by atoms with Crippen LogP contribution in [0.25, 0.3) is 11.0 Å². The molecular weight excluding hydrogens is 494 g/mol. The Balaban J connectivity index is 1.63. The van der Waals surface area contributed by atoms with Crippen molar-refractivity contribution in [3.63, 3.8) is 0 Å². The summed E-state index contributed by atoms with van der Waals surface area (Å²) in [5, 5.41) is 11.6. The molecule has 0 bridgehead atoms. The molecule has 202 valence electrons. The van der Waals surface area contributed by atoms with Gasteiger partial charge in [0.2, 0.25) is 11.8 Å². The normalized spacial score (nSPS) is 14.2. The zero-order valence-corrected chi connectivity index (χ0v) is 22.5. The topological polar surface area (TPSA) is 98.6 Å². The van der Waals surface area contributed by atoms with Crippen molar-refractivity contribution < 1.29 is 19.1 Å². The summed E-state index contributed by atoms with van der Waals surface area (Å²) in [7, 11) is 3.08. The molecule has 9 nitrogen and oxygen atoms in total. The Labute approximate surface area is 227 Å². The molecule has 4 aromatic rings. The number of hydrogen-bond acceptors (Lipinski definition) is 6. The van der Waals surface area contributed by atoms with Gasteiger partial charge in [-0.25, -0.2) is 4.68 Å². The standard InChI is InChI=1S/C30H33N5O4/c1-20-15-17-22(18-16-20)35(27(36)19-34-25-13-7-6-12-24(25)32-33-34)28(30(37)31-21-9-4-5-10-21)23-11-8-14-26(38-2)29(23)39-3/h6-8,11-18,21,28H,4-5,9-10,19H2,1-3H3,(H,31,37)/t28-/m1/s1. The number of ether oxygens (including phenoxy) is 2. The van der Waals surface area contributed by atoms with Gasteiger partial charge in [0.05, 0.1) is 19.7 Å². The Bertz CT molecular complexity index is 1460. The number of hydrogen-bond donors (Lipinski definition) is 1. The molecule has 1 fully saturated rings. The van der Waals surface area contributed by atoms with Gasteiger partial charge in [-0.05, 0) is 50.1 Å². The molecule has 39 heavy (non-hydrogen) atoms. The summed E-state index contributed by atoms with van der Waals surface area (Å²) in [6.07, 6.45) is 3.96. The Morgan fingerprint density at radius 2 is 1.74 bits per heavy atom. The zero-order chi connectivity index (χ0) is 27.4. The lowest BCUT2D eigenvalue weighted by atomic mass is 10.00. The second kappa shape index (κ2) is 11.6. The van der Waals surface area contributed by atoms with E-state index in [2.05, 4.69) is 15.6 Å². The van der Waals surface area contributed by atoms with Crippen molar-refractivity contribution >= 4 is 28.5 Å². The van der Waals surface area contributed by atoms with Crippen molar-refractivity contribution in [2.75, 3.05) is 19.1 Å². The fourth-order valence-corrected chi connectivity index (χ4v) is 5.26. The average molecular weight is 528 g/mol. The van der Waals surface area contributed by atoms with Crippen LogP contribution >= 0.6 is 0 Å². The zero-order valence-electron chi connectivity index (χ0n) is 22.5. The Hall–Kier alpha value is -4.40. The van der Waals surface area contributed by atoms with E-state index in [1.54, 1.807) is 30.0 Å². The third-order valence-electron chi connectivity index (χ3n) is 7.22. The number of aryl methyl sites for hydroxylation is 1. The Morgan fingerprint density at radius 3 is 2.46 bits per heavy atom. The molecule has 0 saturated heterocycles. The van der Waals surface area contributed by atoms with Crippen LogP contribution in [-0.4, -0.2) is 47.1 Å². The molecule has 3 aromatic carbocycles. The predicted octanol–water partition coefficient (Wildman–Crippen LogP) is 4.59. The number of rotatable bonds is 9.